The Morgan fingerprint density at radius 1 is 1.43 bits per heavy atom. The van der Waals surface area contributed by atoms with Crippen LogP contribution in [0.15, 0.2) is 24.3 Å². The molecule has 0 heterocycles. The Balaban J connectivity index is 2.39. The van der Waals surface area contributed by atoms with Crippen LogP contribution in [0.1, 0.15) is 12.0 Å². The molecule has 14 heavy (non-hydrogen) atoms. The molecular weight excluding hydrogens is 178 g/mol. The minimum Gasteiger partial charge on any atom is -0.469 e. The maximum absolute atomic E-state index is 10.8. The minimum atomic E-state index is -0.189. The van der Waals surface area contributed by atoms with Gasteiger partial charge in [-0.05, 0) is 18.6 Å². The summed E-state index contributed by atoms with van der Waals surface area (Å²) in [5, 5.41) is 3.18. The van der Waals surface area contributed by atoms with E-state index >= 15 is 0 Å². The Kier molecular flexibility index (Phi) is 3.98. The van der Waals surface area contributed by atoms with Crippen molar-refractivity contribution in [2.45, 2.75) is 13.3 Å². The van der Waals surface area contributed by atoms with Crippen molar-refractivity contribution in [3.05, 3.63) is 29.8 Å². The lowest BCUT2D eigenvalue weighted by Gasteiger charge is -2.07. The Morgan fingerprint density at radius 2 is 2.14 bits per heavy atom. The van der Waals surface area contributed by atoms with Gasteiger partial charge in [0.2, 0.25) is 0 Å². The van der Waals surface area contributed by atoms with Crippen LogP contribution in [0, 0.1) is 6.92 Å². The van der Waals surface area contributed by atoms with E-state index in [1.165, 1.54) is 12.7 Å². The third-order valence-corrected chi connectivity index (χ3v) is 2.02. The molecule has 1 aromatic carbocycles. The van der Waals surface area contributed by atoms with Crippen molar-refractivity contribution in [1.82, 2.24) is 0 Å². The van der Waals surface area contributed by atoms with E-state index in [9.17, 15) is 4.79 Å². The van der Waals surface area contributed by atoms with Gasteiger partial charge in [0.15, 0.2) is 0 Å². The van der Waals surface area contributed by atoms with E-state index in [0.29, 0.717) is 13.0 Å². The molecule has 0 aliphatic rings. The quantitative estimate of drug-likeness (QED) is 0.743. The zero-order valence-electron chi connectivity index (χ0n) is 8.54. The molecule has 0 aliphatic heterocycles. The highest BCUT2D eigenvalue weighted by molar-refractivity contribution is 5.70. The zero-order valence-corrected chi connectivity index (χ0v) is 8.54. The first-order valence-electron chi connectivity index (χ1n) is 4.60. The van der Waals surface area contributed by atoms with Gasteiger partial charge in [0.25, 0.3) is 0 Å². The maximum Gasteiger partial charge on any atom is 0.307 e. The summed E-state index contributed by atoms with van der Waals surface area (Å²) in [4.78, 5) is 10.8. The second kappa shape index (κ2) is 5.27. The first kappa shape index (κ1) is 10.6. The lowest BCUT2D eigenvalue weighted by Crippen LogP contribution is -2.10. The molecular formula is C11H15NO2. The Labute approximate surface area is 84.1 Å². The van der Waals surface area contributed by atoms with Gasteiger partial charge in [-0.25, -0.2) is 0 Å². The van der Waals surface area contributed by atoms with Gasteiger partial charge in [-0.2, -0.15) is 0 Å². The van der Waals surface area contributed by atoms with Crippen molar-refractivity contribution >= 4 is 11.7 Å². The van der Waals surface area contributed by atoms with Gasteiger partial charge in [0.05, 0.1) is 13.5 Å². The molecule has 0 saturated carbocycles. The minimum absolute atomic E-state index is 0.189. The standard InChI is InChI=1S/C11H15NO2/c1-9-5-3-4-6-10(9)12-8-7-11(13)14-2/h3-6,12H,7-8H2,1-2H3. The fraction of sp³-hybridized carbons (Fsp3) is 0.364. The molecule has 3 heteroatoms. The SMILES string of the molecule is COC(=O)CCNc1ccccc1C. The van der Waals surface area contributed by atoms with E-state index in [1.807, 2.05) is 31.2 Å². The Morgan fingerprint density at radius 3 is 2.79 bits per heavy atom. The topological polar surface area (TPSA) is 38.3 Å². The van der Waals surface area contributed by atoms with Crippen LogP contribution in [-0.2, 0) is 9.53 Å². The smallest absolute Gasteiger partial charge is 0.307 e. The van der Waals surface area contributed by atoms with Gasteiger partial charge in [-0.1, -0.05) is 18.2 Å². The second-order valence-corrected chi connectivity index (χ2v) is 3.07. The molecule has 1 aromatic rings. The molecule has 0 atom stereocenters. The highest BCUT2D eigenvalue weighted by atomic mass is 16.5. The van der Waals surface area contributed by atoms with E-state index in [1.54, 1.807) is 0 Å². The summed E-state index contributed by atoms with van der Waals surface area (Å²) in [5.74, 6) is -0.189. The molecule has 0 bridgehead atoms. The predicted octanol–water partition coefficient (Wildman–Crippen LogP) is 1.97. The molecule has 0 fully saturated rings. The number of aryl methyl sites for hydroxylation is 1. The number of rotatable bonds is 4. The van der Waals surface area contributed by atoms with E-state index < -0.39 is 0 Å². The van der Waals surface area contributed by atoms with Gasteiger partial charge in [-0.15, -0.1) is 0 Å². The lowest BCUT2D eigenvalue weighted by molar-refractivity contribution is -0.140. The average Bonchev–Trinajstić information content (AvgIpc) is 2.20. The second-order valence-electron chi connectivity index (χ2n) is 3.07. The van der Waals surface area contributed by atoms with Gasteiger partial charge in [0.1, 0.15) is 0 Å². The lowest BCUT2D eigenvalue weighted by atomic mass is 10.2. The molecule has 0 aromatic heterocycles. The third kappa shape index (κ3) is 3.09. The van der Waals surface area contributed by atoms with Crippen molar-refractivity contribution < 1.29 is 9.53 Å². The maximum atomic E-state index is 10.8. The van der Waals surface area contributed by atoms with Gasteiger partial charge in [0, 0.05) is 12.2 Å². The number of methoxy groups -OCH3 is 1. The number of carbonyl (C=O) groups excluding carboxylic acids is 1. The number of hydrogen-bond donors (Lipinski definition) is 1. The molecule has 1 N–H and O–H groups in total. The zero-order chi connectivity index (χ0) is 10.4. The molecule has 0 radical (unpaired) electrons. The van der Waals surface area contributed by atoms with E-state index in [4.69, 9.17) is 0 Å². The van der Waals surface area contributed by atoms with Crippen LogP contribution in [-0.4, -0.2) is 19.6 Å². The summed E-state index contributed by atoms with van der Waals surface area (Å²) >= 11 is 0. The number of esters is 1. The normalized spacial score (nSPS) is 9.57. The van der Waals surface area contributed by atoms with Crippen LogP contribution in [0.4, 0.5) is 5.69 Å². The summed E-state index contributed by atoms with van der Waals surface area (Å²) in [6.45, 7) is 2.64. The van der Waals surface area contributed by atoms with Crippen molar-refractivity contribution in [2.24, 2.45) is 0 Å². The number of para-hydroxylation sites is 1. The molecule has 3 nitrogen and oxygen atoms in total. The van der Waals surface area contributed by atoms with Crippen LogP contribution in [0.2, 0.25) is 0 Å². The van der Waals surface area contributed by atoms with Crippen LogP contribution < -0.4 is 5.32 Å². The van der Waals surface area contributed by atoms with Crippen LogP contribution in [0.5, 0.6) is 0 Å². The first-order valence-corrected chi connectivity index (χ1v) is 4.60. The summed E-state index contributed by atoms with van der Waals surface area (Å²) < 4.78 is 4.54. The van der Waals surface area contributed by atoms with E-state index in [-0.39, 0.29) is 5.97 Å². The molecule has 1 rings (SSSR count). The number of ether oxygens (including phenoxy) is 1. The monoisotopic (exact) mass is 193 g/mol. The fourth-order valence-electron chi connectivity index (χ4n) is 1.17. The van der Waals surface area contributed by atoms with Crippen molar-refractivity contribution in [3.8, 4) is 0 Å². The number of anilines is 1. The average molecular weight is 193 g/mol. The highest BCUT2D eigenvalue weighted by Crippen LogP contribution is 2.12. The Hall–Kier alpha value is -1.51. The largest absolute Gasteiger partial charge is 0.469 e. The molecule has 76 valence electrons. The molecule has 0 aliphatic carbocycles. The van der Waals surface area contributed by atoms with Gasteiger partial charge >= 0.3 is 5.97 Å². The van der Waals surface area contributed by atoms with Crippen molar-refractivity contribution in [3.63, 3.8) is 0 Å². The molecule has 0 spiro atoms. The Bertz CT molecular complexity index is 310. The number of benzene rings is 1. The van der Waals surface area contributed by atoms with E-state index in [2.05, 4.69) is 10.1 Å². The number of hydrogen-bond acceptors (Lipinski definition) is 3. The predicted molar refractivity (Wildman–Crippen MR) is 56.3 cm³/mol. The van der Waals surface area contributed by atoms with Crippen molar-refractivity contribution in [2.75, 3.05) is 19.0 Å². The molecule has 0 unspecified atom stereocenters. The molecule has 0 amide bonds. The molecule has 0 saturated heterocycles. The third-order valence-electron chi connectivity index (χ3n) is 2.02. The number of nitrogens with one attached hydrogen (secondary N) is 1. The summed E-state index contributed by atoms with van der Waals surface area (Å²) in [6.07, 6.45) is 0.394. The first-order chi connectivity index (χ1) is 6.74. The van der Waals surface area contributed by atoms with Gasteiger partial charge in [-0.3, -0.25) is 4.79 Å². The fourth-order valence-corrected chi connectivity index (χ4v) is 1.17. The van der Waals surface area contributed by atoms with Crippen LogP contribution >= 0.6 is 0 Å². The summed E-state index contributed by atoms with van der Waals surface area (Å²) in [7, 11) is 1.40. The summed E-state index contributed by atoms with van der Waals surface area (Å²) in [5.41, 5.74) is 2.24. The highest BCUT2D eigenvalue weighted by Gasteiger charge is 2.00. The van der Waals surface area contributed by atoms with Gasteiger partial charge < -0.3 is 10.1 Å². The summed E-state index contributed by atoms with van der Waals surface area (Å²) in [6, 6.07) is 7.97. The van der Waals surface area contributed by atoms with Crippen LogP contribution in [0.25, 0.3) is 0 Å². The number of carbonyl (C=O) groups is 1. The van der Waals surface area contributed by atoms with Crippen LogP contribution in [0.3, 0.4) is 0 Å². The van der Waals surface area contributed by atoms with E-state index in [0.717, 1.165) is 5.69 Å². The van der Waals surface area contributed by atoms with Crippen molar-refractivity contribution in [1.29, 1.82) is 0 Å².